The van der Waals surface area contributed by atoms with Gasteiger partial charge < -0.3 is 5.11 Å². The highest BCUT2D eigenvalue weighted by molar-refractivity contribution is 7.93. The Morgan fingerprint density at radius 2 is 1.79 bits per heavy atom. The minimum Gasteiger partial charge on any atom is -0.395 e. The van der Waals surface area contributed by atoms with Gasteiger partial charge in [0.25, 0.3) is 0 Å². The molecule has 0 spiro atoms. The molecule has 0 aliphatic carbocycles. The molecule has 1 aromatic heterocycles. The van der Waals surface area contributed by atoms with Gasteiger partial charge >= 0.3 is 0 Å². The molecule has 0 unspecified atom stereocenters. The molecular weight excluding hydrogens is 342 g/mol. The molecule has 3 aromatic rings. The molecule has 6 heteroatoms. The van der Waals surface area contributed by atoms with Crippen LogP contribution in [0.5, 0.6) is 0 Å². The van der Waals surface area contributed by atoms with E-state index in [4.69, 9.17) is 5.11 Å². The fraction of sp³-hybridized carbons (Fsp3) is 0.167. The highest BCUT2D eigenvalue weighted by Gasteiger charge is 2.24. The van der Waals surface area contributed by atoms with Gasteiger partial charge in [0.15, 0.2) is 0 Å². The van der Waals surface area contributed by atoms with E-state index in [1.807, 2.05) is 54.6 Å². The van der Waals surface area contributed by atoms with E-state index in [9.17, 15) is 8.42 Å². The molecule has 0 saturated heterocycles. The van der Waals surface area contributed by atoms with Gasteiger partial charge in [0.1, 0.15) is 5.00 Å². The van der Waals surface area contributed by atoms with E-state index in [0.717, 1.165) is 21.2 Å². The van der Waals surface area contributed by atoms with Crippen LogP contribution in [0, 0.1) is 6.92 Å². The molecule has 0 saturated carbocycles. The Hall–Kier alpha value is -2.02. The second-order valence-corrected chi connectivity index (χ2v) is 8.56. The third kappa shape index (κ3) is 3.56. The lowest BCUT2D eigenvalue weighted by atomic mass is 10.1. The van der Waals surface area contributed by atoms with Crippen molar-refractivity contribution in [1.82, 2.24) is 0 Å². The average molecular weight is 360 g/mol. The van der Waals surface area contributed by atoms with E-state index < -0.39 is 16.6 Å². The quantitative estimate of drug-likeness (QED) is 0.685. The zero-order valence-electron chi connectivity index (χ0n) is 13.1. The number of rotatable bonds is 6. The van der Waals surface area contributed by atoms with Crippen molar-refractivity contribution in [2.24, 2.45) is 0 Å². The molecule has 2 aromatic carbocycles. The molecule has 1 N–H and O–H groups in total. The lowest BCUT2D eigenvalue weighted by Gasteiger charge is -2.23. The van der Waals surface area contributed by atoms with Crippen LogP contribution in [0.2, 0.25) is 0 Å². The van der Waals surface area contributed by atoms with Crippen molar-refractivity contribution >= 4 is 36.4 Å². The van der Waals surface area contributed by atoms with E-state index in [1.54, 1.807) is 0 Å². The van der Waals surface area contributed by atoms with E-state index in [2.05, 4.69) is 6.92 Å². The van der Waals surface area contributed by atoms with Gasteiger partial charge in [-0.05, 0) is 17.5 Å². The second-order valence-electron chi connectivity index (χ2n) is 5.49. The Balaban J connectivity index is 2.02. The molecule has 0 amide bonds. The predicted octanol–water partition coefficient (Wildman–Crippen LogP) is 3.41. The monoisotopic (exact) mass is 360 g/mol. The number of benzene rings is 2. The minimum atomic E-state index is -3.60. The molecule has 0 aliphatic rings. The summed E-state index contributed by atoms with van der Waals surface area (Å²) < 4.78 is 27.7. The Morgan fingerprint density at radius 3 is 2.46 bits per heavy atom. The fourth-order valence-corrected chi connectivity index (χ4v) is 4.99. The van der Waals surface area contributed by atoms with Gasteiger partial charge in [0.05, 0.1) is 18.9 Å². The van der Waals surface area contributed by atoms with Crippen LogP contribution in [0.1, 0.15) is 11.1 Å². The lowest BCUT2D eigenvalue weighted by Crippen LogP contribution is -2.33. The maximum absolute atomic E-state index is 12.6. The van der Waals surface area contributed by atoms with Crippen molar-refractivity contribution < 1.29 is 13.5 Å². The first-order chi connectivity index (χ1) is 11.5. The topological polar surface area (TPSA) is 57.6 Å². The summed E-state index contributed by atoms with van der Waals surface area (Å²) in [6, 6.07) is 17.1. The molecule has 3 rings (SSSR count). The van der Waals surface area contributed by atoms with Crippen molar-refractivity contribution in [2.45, 2.75) is 6.54 Å². The normalized spacial score (nSPS) is 11.7. The Morgan fingerprint density at radius 1 is 1.08 bits per heavy atom. The number of aliphatic hydroxyl groups excluding tert-OH is 1. The summed E-state index contributed by atoms with van der Waals surface area (Å²) in [6.07, 6.45) is 0. The molecule has 0 bridgehead atoms. The summed E-state index contributed by atoms with van der Waals surface area (Å²) in [5.41, 5.74) is 1.76. The third-order valence-corrected chi connectivity index (χ3v) is 6.64. The van der Waals surface area contributed by atoms with Crippen LogP contribution >= 0.6 is 11.3 Å². The number of aliphatic hydroxyl groups is 1. The first kappa shape index (κ1) is 16.8. The summed E-state index contributed by atoms with van der Waals surface area (Å²) in [7, 11) is -3.60. The van der Waals surface area contributed by atoms with Crippen molar-refractivity contribution in [3.8, 4) is 0 Å². The molecule has 1 heterocycles. The second kappa shape index (κ2) is 6.84. The zero-order valence-corrected chi connectivity index (χ0v) is 14.7. The van der Waals surface area contributed by atoms with Gasteiger partial charge in [-0.25, -0.2) is 8.42 Å². The largest absolute Gasteiger partial charge is 0.395 e. The maximum Gasteiger partial charge on any atom is 0.238 e. The van der Waals surface area contributed by atoms with Gasteiger partial charge in [0.2, 0.25) is 10.0 Å². The van der Waals surface area contributed by atoms with E-state index in [-0.39, 0.29) is 12.3 Å². The van der Waals surface area contributed by atoms with Crippen molar-refractivity contribution in [3.05, 3.63) is 72.6 Å². The van der Waals surface area contributed by atoms with E-state index in [0.29, 0.717) is 5.00 Å². The molecule has 4 nitrogen and oxygen atoms in total. The predicted molar refractivity (Wildman–Crippen MR) is 99.8 cm³/mol. The first-order valence-electron chi connectivity index (χ1n) is 7.50. The molecule has 24 heavy (non-hydrogen) atoms. The summed E-state index contributed by atoms with van der Waals surface area (Å²) in [5.74, 6) is -0.297. The van der Waals surface area contributed by atoms with Gasteiger partial charge in [0, 0.05) is 4.70 Å². The van der Waals surface area contributed by atoms with Crippen LogP contribution in [-0.4, -0.2) is 25.9 Å². The number of hydrogen-bond acceptors (Lipinski definition) is 4. The summed E-state index contributed by atoms with van der Waals surface area (Å²) in [5, 5.41) is 10.8. The van der Waals surface area contributed by atoms with Crippen LogP contribution in [0.25, 0.3) is 10.1 Å². The van der Waals surface area contributed by atoms with Gasteiger partial charge in [-0.2, -0.15) is 24.6 Å². The highest BCUT2D eigenvalue weighted by Crippen LogP contribution is 2.34. The van der Waals surface area contributed by atoms with Crippen LogP contribution in [-0.2, 0) is 16.6 Å². The van der Waals surface area contributed by atoms with Crippen LogP contribution in [0.15, 0.2) is 54.6 Å². The van der Waals surface area contributed by atoms with E-state index in [1.165, 1.54) is 15.6 Å². The number of thiophene rings is 1. The van der Waals surface area contributed by atoms with Crippen LogP contribution < -0.4 is 4.31 Å². The molecule has 0 aliphatic heterocycles. The number of anilines is 1. The van der Waals surface area contributed by atoms with Gasteiger partial charge in [-0.15, -0.1) is 23.5 Å². The highest BCUT2D eigenvalue weighted by atomic mass is 32.2. The number of sulfonamides is 1. The van der Waals surface area contributed by atoms with E-state index >= 15 is 0 Å². The summed E-state index contributed by atoms with van der Waals surface area (Å²) >= 11 is 1.43. The molecule has 0 atom stereocenters. The third-order valence-electron chi connectivity index (χ3n) is 3.69. The van der Waals surface area contributed by atoms with Crippen molar-refractivity contribution in [3.63, 3.8) is 0 Å². The minimum absolute atomic E-state index is 0.232. The molecule has 126 valence electrons. The SMILES string of the molecule is [CH2-]c1ccc(CN(c2cc3ccccc3s2)S(=O)(=O)CCO)cc1. The van der Waals surface area contributed by atoms with Gasteiger partial charge in [-0.1, -0.05) is 23.8 Å². The zero-order chi connectivity index (χ0) is 17.2. The number of nitrogens with zero attached hydrogens (tertiary/aromatic N) is 1. The smallest absolute Gasteiger partial charge is 0.238 e. The van der Waals surface area contributed by atoms with Crippen LogP contribution in [0.4, 0.5) is 5.00 Å². The number of fused-ring (bicyclic) bond motifs is 1. The van der Waals surface area contributed by atoms with Gasteiger partial charge in [-0.3, -0.25) is 4.31 Å². The molecule has 0 fully saturated rings. The summed E-state index contributed by atoms with van der Waals surface area (Å²) in [4.78, 5) is 0. The average Bonchev–Trinajstić information content (AvgIpc) is 2.97. The summed E-state index contributed by atoms with van der Waals surface area (Å²) in [6.45, 7) is 3.67. The first-order valence-corrected chi connectivity index (χ1v) is 9.93. The standard InChI is InChI=1S/C18H18NO3S2/c1-14-6-8-15(9-7-14)13-19(24(21,22)11-10-20)18-12-16-4-2-3-5-17(16)23-18/h2-9,12,20H,1,10-11,13H2/q-1. The Labute approximate surface area is 146 Å². The van der Waals surface area contributed by atoms with Crippen LogP contribution in [0.3, 0.4) is 0 Å². The number of hydrogen-bond donors (Lipinski definition) is 1. The Bertz CT molecular complexity index is 897. The molecular formula is C18H18NO3S2-. The lowest BCUT2D eigenvalue weighted by molar-refractivity contribution is 0.319. The fourth-order valence-electron chi connectivity index (χ4n) is 2.44. The van der Waals surface area contributed by atoms with Crippen molar-refractivity contribution in [2.75, 3.05) is 16.7 Å². The molecule has 0 radical (unpaired) electrons. The maximum atomic E-state index is 12.6. The Kier molecular flexibility index (Phi) is 4.80. The van der Waals surface area contributed by atoms with Crippen molar-refractivity contribution in [1.29, 1.82) is 0 Å².